The number of anilines is 1. The number of nitriles is 1. The first-order chi connectivity index (χ1) is 11.2. The SMILES string of the molecule is N#Cc1ccc(NC(=O)c2ccc(-c3ccccc3Cl)o2)cc1. The fourth-order valence-electron chi connectivity index (χ4n) is 2.09. The number of halogens is 1. The maximum atomic E-state index is 12.2. The van der Waals surface area contributed by atoms with E-state index in [9.17, 15) is 4.79 Å². The van der Waals surface area contributed by atoms with Crippen molar-refractivity contribution in [2.75, 3.05) is 5.32 Å². The first kappa shape index (κ1) is 14.9. The van der Waals surface area contributed by atoms with Crippen LogP contribution in [-0.2, 0) is 0 Å². The van der Waals surface area contributed by atoms with Gasteiger partial charge in [-0.15, -0.1) is 0 Å². The Morgan fingerprint density at radius 1 is 1.04 bits per heavy atom. The molecule has 1 aromatic heterocycles. The van der Waals surface area contributed by atoms with Crippen LogP contribution in [0.4, 0.5) is 5.69 Å². The van der Waals surface area contributed by atoms with Gasteiger partial charge in [0.1, 0.15) is 5.76 Å². The maximum Gasteiger partial charge on any atom is 0.291 e. The zero-order chi connectivity index (χ0) is 16.2. The predicted octanol–water partition coefficient (Wildman–Crippen LogP) is 4.72. The molecule has 0 saturated carbocycles. The molecule has 1 N–H and O–H groups in total. The van der Waals surface area contributed by atoms with Gasteiger partial charge in [0.2, 0.25) is 0 Å². The average Bonchev–Trinajstić information content (AvgIpc) is 3.06. The van der Waals surface area contributed by atoms with Gasteiger partial charge in [-0.2, -0.15) is 5.26 Å². The Labute approximate surface area is 137 Å². The van der Waals surface area contributed by atoms with Crippen LogP contribution in [-0.4, -0.2) is 5.91 Å². The fourth-order valence-corrected chi connectivity index (χ4v) is 2.32. The number of amides is 1. The molecule has 0 aliphatic carbocycles. The molecule has 0 unspecified atom stereocenters. The van der Waals surface area contributed by atoms with E-state index in [0.717, 1.165) is 5.56 Å². The van der Waals surface area contributed by atoms with Crippen LogP contribution < -0.4 is 5.32 Å². The number of hydrogen-bond acceptors (Lipinski definition) is 3. The van der Waals surface area contributed by atoms with E-state index in [4.69, 9.17) is 21.3 Å². The summed E-state index contributed by atoms with van der Waals surface area (Å²) in [5.41, 5.74) is 1.85. The minimum Gasteiger partial charge on any atom is -0.451 e. The second-order valence-electron chi connectivity index (χ2n) is 4.79. The zero-order valence-corrected chi connectivity index (χ0v) is 12.7. The van der Waals surface area contributed by atoms with Gasteiger partial charge in [-0.25, -0.2) is 0 Å². The predicted molar refractivity (Wildman–Crippen MR) is 88.3 cm³/mol. The van der Waals surface area contributed by atoms with Gasteiger partial charge in [-0.3, -0.25) is 4.79 Å². The molecular formula is C18H11ClN2O2. The average molecular weight is 323 g/mol. The van der Waals surface area contributed by atoms with Crippen molar-refractivity contribution < 1.29 is 9.21 Å². The molecule has 0 atom stereocenters. The second-order valence-corrected chi connectivity index (χ2v) is 5.19. The molecule has 1 amide bonds. The topological polar surface area (TPSA) is 66.0 Å². The quantitative estimate of drug-likeness (QED) is 0.758. The minimum absolute atomic E-state index is 0.185. The monoisotopic (exact) mass is 322 g/mol. The van der Waals surface area contributed by atoms with Gasteiger partial charge < -0.3 is 9.73 Å². The molecule has 112 valence electrons. The van der Waals surface area contributed by atoms with Crippen molar-refractivity contribution in [2.24, 2.45) is 0 Å². The molecule has 1 heterocycles. The molecule has 0 radical (unpaired) electrons. The van der Waals surface area contributed by atoms with Crippen LogP contribution >= 0.6 is 11.6 Å². The molecule has 3 aromatic rings. The van der Waals surface area contributed by atoms with E-state index in [1.807, 2.05) is 24.3 Å². The fraction of sp³-hybridized carbons (Fsp3) is 0. The van der Waals surface area contributed by atoms with E-state index in [1.165, 1.54) is 0 Å². The Morgan fingerprint density at radius 3 is 2.48 bits per heavy atom. The number of benzene rings is 2. The summed E-state index contributed by atoms with van der Waals surface area (Å²) in [6, 6.07) is 19.2. The number of furan rings is 1. The summed E-state index contributed by atoms with van der Waals surface area (Å²) in [7, 11) is 0. The summed E-state index contributed by atoms with van der Waals surface area (Å²) in [5.74, 6) is 0.345. The van der Waals surface area contributed by atoms with E-state index in [-0.39, 0.29) is 11.7 Å². The van der Waals surface area contributed by atoms with Crippen molar-refractivity contribution >= 4 is 23.2 Å². The summed E-state index contributed by atoms with van der Waals surface area (Å²) >= 11 is 6.12. The number of nitrogens with zero attached hydrogens (tertiary/aromatic N) is 1. The van der Waals surface area contributed by atoms with Crippen molar-refractivity contribution in [3.8, 4) is 17.4 Å². The molecule has 4 nitrogen and oxygen atoms in total. The molecule has 0 bridgehead atoms. The Bertz CT molecular complexity index is 892. The van der Waals surface area contributed by atoms with Gasteiger partial charge in [0, 0.05) is 11.3 Å². The molecule has 2 aromatic carbocycles. The van der Waals surface area contributed by atoms with Gasteiger partial charge in [-0.1, -0.05) is 23.7 Å². The molecule has 0 aliphatic rings. The first-order valence-electron chi connectivity index (χ1n) is 6.83. The van der Waals surface area contributed by atoms with Crippen molar-refractivity contribution in [1.29, 1.82) is 5.26 Å². The maximum absolute atomic E-state index is 12.2. The van der Waals surface area contributed by atoms with Crippen molar-refractivity contribution in [3.63, 3.8) is 0 Å². The molecule has 23 heavy (non-hydrogen) atoms. The number of carbonyl (C=O) groups is 1. The van der Waals surface area contributed by atoms with Gasteiger partial charge in [-0.05, 0) is 48.5 Å². The third-order valence-corrected chi connectivity index (χ3v) is 3.57. The normalized spacial score (nSPS) is 10.1. The molecule has 0 saturated heterocycles. The van der Waals surface area contributed by atoms with Crippen LogP contribution in [0.1, 0.15) is 16.1 Å². The standard InChI is InChI=1S/C18H11ClN2O2/c19-15-4-2-1-3-14(15)16-9-10-17(23-16)18(22)21-13-7-5-12(11-20)6-8-13/h1-10H,(H,21,22). The molecule has 0 fully saturated rings. The lowest BCUT2D eigenvalue weighted by atomic mass is 10.2. The van der Waals surface area contributed by atoms with E-state index < -0.39 is 0 Å². The first-order valence-corrected chi connectivity index (χ1v) is 7.21. The summed E-state index contributed by atoms with van der Waals surface area (Å²) < 4.78 is 5.58. The number of hydrogen-bond donors (Lipinski definition) is 1. The van der Waals surface area contributed by atoms with Crippen LogP contribution in [0.25, 0.3) is 11.3 Å². The highest BCUT2D eigenvalue weighted by molar-refractivity contribution is 6.33. The lowest BCUT2D eigenvalue weighted by Gasteiger charge is -2.03. The van der Waals surface area contributed by atoms with Crippen LogP contribution in [0.15, 0.2) is 65.1 Å². The lowest BCUT2D eigenvalue weighted by Crippen LogP contribution is -2.10. The highest BCUT2D eigenvalue weighted by Crippen LogP contribution is 2.29. The van der Waals surface area contributed by atoms with Gasteiger partial charge >= 0.3 is 0 Å². The number of nitrogens with one attached hydrogen (secondary N) is 1. The largest absolute Gasteiger partial charge is 0.451 e. The molecule has 3 rings (SSSR count). The van der Waals surface area contributed by atoms with Crippen LogP contribution in [0.5, 0.6) is 0 Å². The number of carbonyl (C=O) groups excluding carboxylic acids is 1. The third-order valence-electron chi connectivity index (χ3n) is 3.24. The van der Waals surface area contributed by atoms with Gasteiger partial charge in [0.15, 0.2) is 5.76 Å². The van der Waals surface area contributed by atoms with Gasteiger partial charge in [0.05, 0.1) is 16.7 Å². The van der Waals surface area contributed by atoms with E-state index >= 15 is 0 Å². The highest BCUT2D eigenvalue weighted by atomic mass is 35.5. The third kappa shape index (κ3) is 3.25. The second kappa shape index (κ2) is 6.39. The Hall–Kier alpha value is -3.03. The van der Waals surface area contributed by atoms with E-state index in [1.54, 1.807) is 42.5 Å². The lowest BCUT2D eigenvalue weighted by molar-refractivity contribution is 0.0997. The highest BCUT2D eigenvalue weighted by Gasteiger charge is 2.14. The van der Waals surface area contributed by atoms with Crippen molar-refractivity contribution in [1.82, 2.24) is 0 Å². The zero-order valence-electron chi connectivity index (χ0n) is 11.9. The number of rotatable bonds is 3. The molecular weight excluding hydrogens is 312 g/mol. The summed E-state index contributed by atoms with van der Waals surface area (Å²) in [6.07, 6.45) is 0. The van der Waals surface area contributed by atoms with E-state index in [0.29, 0.717) is 22.0 Å². The Morgan fingerprint density at radius 2 is 1.78 bits per heavy atom. The van der Waals surface area contributed by atoms with Crippen LogP contribution in [0, 0.1) is 11.3 Å². The molecule has 0 spiro atoms. The smallest absolute Gasteiger partial charge is 0.291 e. The summed E-state index contributed by atoms with van der Waals surface area (Å²) in [6.45, 7) is 0. The Balaban J connectivity index is 1.78. The summed E-state index contributed by atoms with van der Waals surface area (Å²) in [5, 5.41) is 12.0. The minimum atomic E-state index is -0.368. The summed E-state index contributed by atoms with van der Waals surface area (Å²) in [4.78, 5) is 12.2. The van der Waals surface area contributed by atoms with Crippen molar-refractivity contribution in [3.05, 3.63) is 77.0 Å². The Kier molecular flexibility index (Phi) is 4.13. The van der Waals surface area contributed by atoms with Crippen LogP contribution in [0.2, 0.25) is 5.02 Å². The van der Waals surface area contributed by atoms with Crippen LogP contribution in [0.3, 0.4) is 0 Å². The van der Waals surface area contributed by atoms with Gasteiger partial charge in [0.25, 0.3) is 5.91 Å². The van der Waals surface area contributed by atoms with E-state index in [2.05, 4.69) is 5.32 Å². The molecule has 0 aliphatic heterocycles. The van der Waals surface area contributed by atoms with Crippen molar-refractivity contribution in [2.45, 2.75) is 0 Å². The molecule has 5 heteroatoms.